The average molecular weight is 245 g/mol. The lowest BCUT2D eigenvalue weighted by atomic mass is 10.00. The molecule has 0 aromatic heterocycles. The van der Waals surface area contributed by atoms with Crippen LogP contribution in [-0.4, -0.2) is 24.7 Å². The molecule has 1 saturated carbocycles. The van der Waals surface area contributed by atoms with Crippen molar-refractivity contribution >= 4 is 11.7 Å². The molecule has 1 N–H and O–H groups in total. The van der Waals surface area contributed by atoms with E-state index in [4.69, 9.17) is 0 Å². The maximum atomic E-state index is 11.2. The Bertz CT molecular complexity index is 521. The molecule has 1 aromatic rings. The van der Waals surface area contributed by atoms with Crippen LogP contribution in [0.15, 0.2) is 18.2 Å². The summed E-state index contributed by atoms with van der Waals surface area (Å²) in [6, 6.07) is 6.47. The van der Waals surface area contributed by atoms with Crippen LogP contribution in [0.4, 0.5) is 5.69 Å². The standard InChI is InChI=1S/C15H19NO2/c1-15(2)12(13(15)14(17)18)10-4-5-11-9(8-10)6-7-16(11)3/h4-5,8,12-13H,6-7H2,1-3H3,(H,17,18). The van der Waals surface area contributed by atoms with Gasteiger partial charge in [-0.3, -0.25) is 4.79 Å². The summed E-state index contributed by atoms with van der Waals surface area (Å²) in [4.78, 5) is 13.5. The van der Waals surface area contributed by atoms with E-state index in [0.29, 0.717) is 0 Å². The number of carboxylic acids is 1. The van der Waals surface area contributed by atoms with Gasteiger partial charge in [0.05, 0.1) is 5.92 Å². The topological polar surface area (TPSA) is 40.5 Å². The Kier molecular flexibility index (Phi) is 2.25. The molecule has 0 spiro atoms. The molecule has 1 aliphatic carbocycles. The minimum atomic E-state index is -0.664. The van der Waals surface area contributed by atoms with Gasteiger partial charge in [0.25, 0.3) is 0 Å². The van der Waals surface area contributed by atoms with E-state index >= 15 is 0 Å². The van der Waals surface area contributed by atoms with E-state index in [9.17, 15) is 9.90 Å². The molecular weight excluding hydrogens is 226 g/mol. The number of carbonyl (C=O) groups is 1. The molecule has 18 heavy (non-hydrogen) atoms. The SMILES string of the molecule is CN1CCc2cc(C3C(C(=O)O)C3(C)C)ccc21. The summed E-state index contributed by atoms with van der Waals surface area (Å²) in [5.74, 6) is -0.719. The van der Waals surface area contributed by atoms with Crippen molar-refractivity contribution in [2.45, 2.75) is 26.2 Å². The normalized spacial score (nSPS) is 28.1. The number of anilines is 1. The molecule has 1 aromatic carbocycles. The Hall–Kier alpha value is -1.51. The molecule has 2 unspecified atom stereocenters. The molecule has 0 bridgehead atoms. The fourth-order valence-corrected chi connectivity index (χ4v) is 3.50. The number of hydrogen-bond donors (Lipinski definition) is 1. The zero-order valence-corrected chi connectivity index (χ0v) is 11.1. The summed E-state index contributed by atoms with van der Waals surface area (Å²) in [6.07, 6.45) is 1.07. The second-order valence-electron chi connectivity index (χ2n) is 6.17. The second-order valence-corrected chi connectivity index (χ2v) is 6.17. The molecule has 3 rings (SSSR count). The zero-order chi connectivity index (χ0) is 13.1. The van der Waals surface area contributed by atoms with Crippen molar-refractivity contribution in [2.75, 3.05) is 18.5 Å². The molecule has 3 heteroatoms. The number of benzene rings is 1. The van der Waals surface area contributed by atoms with Crippen LogP contribution in [0.1, 0.15) is 30.9 Å². The van der Waals surface area contributed by atoms with Gasteiger partial charge >= 0.3 is 5.97 Å². The van der Waals surface area contributed by atoms with Gasteiger partial charge in [0, 0.05) is 25.2 Å². The van der Waals surface area contributed by atoms with E-state index in [1.807, 2.05) is 0 Å². The molecular formula is C15H19NO2. The van der Waals surface area contributed by atoms with Crippen LogP contribution in [0.5, 0.6) is 0 Å². The quantitative estimate of drug-likeness (QED) is 0.870. The first-order valence-electron chi connectivity index (χ1n) is 6.49. The Morgan fingerprint density at radius 2 is 2.17 bits per heavy atom. The van der Waals surface area contributed by atoms with Crippen LogP contribution in [0.25, 0.3) is 0 Å². The number of nitrogens with zero attached hydrogens (tertiary/aromatic N) is 1. The van der Waals surface area contributed by atoms with Gasteiger partial charge in [-0.25, -0.2) is 0 Å². The molecule has 2 aliphatic rings. The summed E-state index contributed by atoms with van der Waals surface area (Å²) in [6.45, 7) is 5.17. The Balaban J connectivity index is 1.94. The first-order valence-corrected chi connectivity index (χ1v) is 6.49. The van der Waals surface area contributed by atoms with Crippen LogP contribution in [0, 0.1) is 11.3 Å². The third-order valence-electron chi connectivity index (χ3n) is 4.68. The van der Waals surface area contributed by atoms with Crippen LogP contribution in [0.3, 0.4) is 0 Å². The van der Waals surface area contributed by atoms with Gasteiger partial charge in [-0.05, 0) is 29.0 Å². The smallest absolute Gasteiger partial charge is 0.307 e. The van der Waals surface area contributed by atoms with E-state index in [-0.39, 0.29) is 17.3 Å². The van der Waals surface area contributed by atoms with Crippen molar-refractivity contribution in [3.63, 3.8) is 0 Å². The lowest BCUT2D eigenvalue weighted by Gasteiger charge is -2.12. The minimum Gasteiger partial charge on any atom is -0.481 e. The largest absolute Gasteiger partial charge is 0.481 e. The van der Waals surface area contributed by atoms with E-state index in [2.05, 4.69) is 44.0 Å². The van der Waals surface area contributed by atoms with Crippen molar-refractivity contribution in [1.82, 2.24) is 0 Å². The number of aliphatic carboxylic acids is 1. The van der Waals surface area contributed by atoms with Gasteiger partial charge in [0.2, 0.25) is 0 Å². The van der Waals surface area contributed by atoms with E-state index in [1.165, 1.54) is 16.8 Å². The van der Waals surface area contributed by atoms with Gasteiger partial charge in [-0.2, -0.15) is 0 Å². The summed E-state index contributed by atoms with van der Waals surface area (Å²) in [5.41, 5.74) is 3.75. The number of fused-ring (bicyclic) bond motifs is 1. The van der Waals surface area contributed by atoms with Crippen molar-refractivity contribution in [3.8, 4) is 0 Å². The predicted octanol–water partition coefficient (Wildman–Crippen LogP) is 2.50. The summed E-state index contributed by atoms with van der Waals surface area (Å²) in [5, 5.41) is 9.25. The van der Waals surface area contributed by atoms with Crippen molar-refractivity contribution in [3.05, 3.63) is 29.3 Å². The average Bonchev–Trinajstić information content (AvgIpc) is 2.70. The first-order chi connectivity index (χ1) is 8.43. The van der Waals surface area contributed by atoms with Crippen LogP contribution in [0.2, 0.25) is 0 Å². The summed E-state index contributed by atoms with van der Waals surface area (Å²) >= 11 is 0. The predicted molar refractivity (Wildman–Crippen MR) is 71.1 cm³/mol. The van der Waals surface area contributed by atoms with Gasteiger partial charge in [0.1, 0.15) is 0 Å². The minimum absolute atomic E-state index is 0.107. The molecule has 1 fully saturated rings. The van der Waals surface area contributed by atoms with E-state index in [0.717, 1.165) is 13.0 Å². The zero-order valence-electron chi connectivity index (χ0n) is 11.1. The fraction of sp³-hybridized carbons (Fsp3) is 0.533. The molecule has 2 atom stereocenters. The molecule has 0 radical (unpaired) electrons. The molecule has 96 valence electrons. The molecule has 0 amide bonds. The Labute approximate surface area is 107 Å². The molecule has 0 saturated heterocycles. The van der Waals surface area contributed by atoms with Crippen LogP contribution < -0.4 is 4.90 Å². The van der Waals surface area contributed by atoms with E-state index in [1.54, 1.807) is 0 Å². The maximum absolute atomic E-state index is 11.2. The van der Waals surface area contributed by atoms with Gasteiger partial charge in [0.15, 0.2) is 0 Å². The first kappa shape index (κ1) is 11.6. The highest BCUT2D eigenvalue weighted by Gasteiger charge is 2.62. The highest BCUT2D eigenvalue weighted by molar-refractivity contribution is 5.78. The van der Waals surface area contributed by atoms with Crippen molar-refractivity contribution < 1.29 is 9.90 Å². The van der Waals surface area contributed by atoms with Gasteiger partial charge in [-0.1, -0.05) is 26.0 Å². The maximum Gasteiger partial charge on any atom is 0.307 e. The van der Waals surface area contributed by atoms with Gasteiger partial charge < -0.3 is 10.0 Å². The number of hydrogen-bond acceptors (Lipinski definition) is 2. The highest BCUT2D eigenvalue weighted by atomic mass is 16.4. The van der Waals surface area contributed by atoms with Crippen molar-refractivity contribution in [2.24, 2.45) is 11.3 Å². The third kappa shape index (κ3) is 1.46. The monoisotopic (exact) mass is 245 g/mol. The van der Waals surface area contributed by atoms with E-state index < -0.39 is 5.97 Å². The number of rotatable bonds is 2. The lowest BCUT2D eigenvalue weighted by Crippen LogP contribution is -2.12. The number of carboxylic acid groups (broad SMARTS) is 1. The Morgan fingerprint density at radius 1 is 1.44 bits per heavy atom. The fourth-order valence-electron chi connectivity index (χ4n) is 3.50. The second kappa shape index (κ2) is 3.50. The van der Waals surface area contributed by atoms with Crippen molar-refractivity contribution in [1.29, 1.82) is 0 Å². The molecule has 1 aliphatic heterocycles. The third-order valence-corrected chi connectivity index (χ3v) is 4.68. The van der Waals surface area contributed by atoms with Crippen LogP contribution >= 0.6 is 0 Å². The van der Waals surface area contributed by atoms with Crippen LogP contribution in [-0.2, 0) is 11.2 Å². The molecule has 1 heterocycles. The van der Waals surface area contributed by atoms with Gasteiger partial charge in [-0.15, -0.1) is 0 Å². The summed E-state index contributed by atoms with van der Waals surface area (Å²) in [7, 11) is 2.10. The highest BCUT2D eigenvalue weighted by Crippen LogP contribution is 2.64. The number of likely N-dealkylation sites (N-methyl/N-ethyl adjacent to an activating group) is 1. The lowest BCUT2D eigenvalue weighted by molar-refractivity contribution is -0.139. The molecule has 3 nitrogen and oxygen atoms in total. The Morgan fingerprint density at radius 3 is 2.78 bits per heavy atom. The summed E-state index contributed by atoms with van der Waals surface area (Å²) < 4.78 is 0.